The van der Waals surface area contributed by atoms with Gasteiger partial charge in [0.05, 0.1) is 29.2 Å². The maximum Gasteiger partial charge on any atom is 0.311 e. The lowest BCUT2D eigenvalue weighted by Gasteiger charge is -2.43. The van der Waals surface area contributed by atoms with E-state index in [1.807, 2.05) is 51.1 Å². The molecule has 7 nitrogen and oxygen atoms in total. The molecule has 1 spiro atoms. The second kappa shape index (κ2) is 10.6. The van der Waals surface area contributed by atoms with Crippen molar-refractivity contribution in [2.24, 2.45) is 11.8 Å². The van der Waals surface area contributed by atoms with Crippen LogP contribution in [-0.2, 0) is 19.1 Å². The number of aliphatic hydroxyl groups excluding tert-OH is 1. The molecular weight excluding hydrogens is 556 g/mol. The molecule has 200 valence electrons. The van der Waals surface area contributed by atoms with Crippen molar-refractivity contribution in [2.45, 2.75) is 59.6 Å². The lowest BCUT2D eigenvalue weighted by atomic mass is 9.71. The molecule has 3 unspecified atom stereocenters. The predicted octanol–water partition coefficient (Wildman–Crippen LogP) is 3.73. The van der Waals surface area contributed by atoms with Gasteiger partial charge >= 0.3 is 5.97 Å². The highest BCUT2D eigenvalue weighted by Gasteiger charge is 2.77. The highest BCUT2D eigenvalue weighted by Crippen LogP contribution is 2.68. The van der Waals surface area contributed by atoms with Crippen molar-refractivity contribution < 1.29 is 24.2 Å². The Morgan fingerprint density at radius 1 is 1.30 bits per heavy atom. The molecule has 3 heterocycles. The molecular formula is C28H35BrN2O5S. The fourth-order valence-corrected chi connectivity index (χ4v) is 9.77. The van der Waals surface area contributed by atoms with Gasteiger partial charge in [-0.3, -0.25) is 14.4 Å². The first-order chi connectivity index (χ1) is 17.5. The third-order valence-corrected chi connectivity index (χ3v) is 10.9. The molecule has 9 heteroatoms. The number of hydrogen-bond donors (Lipinski definition) is 1. The van der Waals surface area contributed by atoms with Gasteiger partial charge in [-0.05, 0) is 32.8 Å². The number of rotatable bonds is 9. The third-order valence-electron chi connectivity index (χ3n) is 7.66. The number of amides is 2. The Morgan fingerprint density at radius 3 is 2.54 bits per heavy atom. The van der Waals surface area contributed by atoms with Crippen molar-refractivity contribution in [1.29, 1.82) is 0 Å². The summed E-state index contributed by atoms with van der Waals surface area (Å²) in [4.78, 5) is 45.4. The Kier molecular flexibility index (Phi) is 7.98. The highest BCUT2D eigenvalue weighted by molar-refractivity contribution is 9.09. The minimum absolute atomic E-state index is 0.0556. The van der Waals surface area contributed by atoms with Crippen LogP contribution in [0, 0.1) is 11.8 Å². The molecule has 2 bridgehead atoms. The average Bonchev–Trinajstić information content (AvgIpc) is 3.45. The number of benzene rings is 1. The maximum atomic E-state index is 14.5. The van der Waals surface area contributed by atoms with Gasteiger partial charge in [0, 0.05) is 22.2 Å². The van der Waals surface area contributed by atoms with Crippen molar-refractivity contribution >= 4 is 45.5 Å². The lowest BCUT2D eigenvalue weighted by molar-refractivity contribution is -0.153. The zero-order valence-electron chi connectivity index (χ0n) is 21.5. The van der Waals surface area contributed by atoms with Gasteiger partial charge in [0.15, 0.2) is 0 Å². The molecule has 2 amide bonds. The monoisotopic (exact) mass is 590 g/mol. The van der Waals surface area contributed by atoms with Gasteiger partial charge in [-0.2, -0.15) is 0 Å². The van der Waals surface area contributed by atoms with Crippen LogP contribution >= 0.6 is 27.7 Å². The molecule has 0 aromatic heterocycles. The number of alkyl halides is 1. The first-order valence-electron chi connectivity index (χ1n) is 12.5. The van der Waals surface area contributed by atoms with Crippen LogP contribution in [0.4, 0.5) is 0 Å². The van der Waals surface area contributed by atoms with E-state index < -0.39 is 40.2 Å². The summed E-state index contributed by atoms with van der Waals surface area (Å²) in [6, 6.07) is 7.65. The second-order valence-electron chi connectivity index (χ2n) is 10.8. The van der Waals surface area contributed by atoms with E-state index >= 15 is 0 Å². The van der Waals surface area contributed by atoms with E-state index in [0.29, 0.717) is 13.0 Å². The number of halogens is 1. The fourth-order valence-electron chi connectivity index (χ4n) is 6.19. The van der Waals surface area contributed by atoms with E-state index in [4.69, 9.17) is 4.74 Å². The SMILES string of the molecule is C=CCOC(=O)[C@H]1[C@H]2C(=O)N([C@H](CO)c3ccccc3)C(C(=O)N(CC=C)C(C)(C)C)C23CC(Br)[C@@H]1S3. The van der Waals surface area contributed by atoms with Crippen molar-refractivity contribution in [2.75, 3.05) is 19.8 Å². The van der Waals surface area contributed by atoms with Gasteiger partial charge in [-0.15, -0.1) is 18.3 Å². The number of carbonyl (C=O) groups excluding carboxylic acids is 3. The summed E-state index contributed by atoms with van der Waals surface area (Å²) in [5, 5.41) is 10.4. The molecule has 1 aromatic rings. The highest BCUT2D eigenvalue weighted by atomic mass is 79.9. The Bertz CT molecular complexity index is 1080. The molecule has 1 N–H and O–H groups in total. The van der Waals surface area contributed by atoms with Gasteiger partial charge in [-0.1, -0.05) is 65.0 Å². The molecule has 0 saturated carbocycles. The normalized spacial score (nSPS) is 31.1. The van der Waals surface area contributed by atoms with Crippen LogP contribution in [0.3, 0.4) is 0 Å². The smallest absolute Gasteiger partial charge is 0.311 e. The van der Waals surface area contributed by atoms with Crippen LogP contribution in [-0.4, -0.2) is 78.9 Å². The molecule has 3 aliphatic heterocycles. The molecule has 3 aliphatic rings. The zero-order chi connectivity index (χ0) is 27.1. The summed E-state index contributed by atoms with van der Waals surface area (Å²) < 4.78 is 4.62. The number of nitrogens with zero attached hydrogens (tertiary/aromatic N) is 2. The first-order valence-corrected chi connectivity index (χ1v) is 14.3. The maximum absolute atomic E-state index is 14.5. The Balaban J connectivity index is 1.87. The number of likely N-dealkylation sites (tertiary alicyclic amines) is 1. The van der Waals surface area contributed by atoms with Gasteiger partial charge in [-0.25, -0.2) is 0 Å². The number of hydrogen-bond acceptors (Lipinski definition) is 6. The Hall–Kier alpha value is -2.10. The largest absolute Gasteiger partial charge is 0.461 e. The van der Waals surface area contributed by atoms with Crippen molar-refractivity contribution in [3.05, 3.63) is 61.2 Å². The van der Waals surface area contributed by atoms with Crippen LogP contribution < -0.4 is 0 Å². The van der Waals surface area contributed by atoms with E-state index in [0.717, 1.165) is 5.56 Å². The van der Waals surface area contributed by atoms with Crippen LogP contribution in [0.1, 0.15) is 38.8 Å². The number of aliphatic hydroxyl groups is 1. The van der Waals surface area contributed by atoms with E-state index in [2.05, 4.69) is 29.1 Å². The number of esters is 1. The zero-order valence-corrected chi connectivity index (χ0v) is 23.9. The van der Waals surface area contributed by atoms with Gasteiger partial charge in [0.1, 0.15) is 12.6 Å². The molecule has 7 atom stereocenters. The second-order valence-corrected chi connectivity index (χ2v) is 13.6. The Labute approximate surface area is 231 Å². The average molecular weight is 592 g/mol. The fraction of sp³-hybridized carbons (Fsp3) is 0.536. The van der Waals surface area contributed by atoms with Crippen LogP contribution in [0.25, 0.3) is 0 Å². The summed E-state index contributed by atoms with van der Waals surface area (Å²) in [6.07, 6.45) is 3.74. The predicted molar refractivity (Wildman–Crippen MR) is 148 cm³/mol. The quantitative estimate of drug-likeness (QED) is 0.268. The molecule has 37 heavy (non-hydrogen) atoms. The third kappa shape index (κ3) is 4.57. The Morgan fingerprint density at radius 2 is 1.97 bits per heavy atom. The van der Waals surface area contributed by atoms with Crippen molar-refractivity contribution in [3.63, 3.8) is 0 Å². The molecule has 3 fully saturated rings. The minimum Gasteiger partial charge on any atom is -0.461 e. The summed E-state index contributed by atoms with van der Waals surface area (Å²) in [7, 11) is 0. The number of thioether (sulfide) groups is 1. The number of ether oxygens (including phenoxy) is 1. The van der Waals surface area contributed by atoms with E-state index in [-0.39, 0.29) is 35.1 Å². The van der Waals surface area contributed by atoms with Gasteiger partial charge in [0.25, 0.3) is 0 Å². The van der Waals surface area contributed by atoms with Crippen LogP contribution in [0.2, 0.25) is 0 Å². The molecule has 4 rings (SSSR count). The van der Waals surface area contributed by atoms with Crippen molar-refractivity contribution in [1.82, 2.24) is 9.80 Å². The van der Waals surface area contributed by atoms with E-state index in [1.54, 1.807) is 27.6 Å². The standard InChI is InChI=1S/C28H35BrN2O5S/c1-6-13-30(27(3,4)5)25(34)23-28-15-18(29)22(37-28)20(26(35)36-14-7-2)21(28)24(33)31(23)19(16-32)17-11-9-8-10-12-17/h6-12,18-23,32H,1-2,13-16H2,3-5H3/t18?,19-,20+,21+,22+,23?,28?/m1/s1. The van der Waals surface area contributed by atoms with E-state index in [1.165, 1.54) is 6.08 Å². The summed E-state index contributed by atoms with van der Waals surface area (Å²) in [5.41, 5.74) is 0.201. The van der Waals surface area contributed by atoms with Gasteiger partial charge < -0.3 is 19.6 Å². The first kappa shape index (κ1) is 27.9. The number of carbonyl (C=O) groups is 3. The summed E-state index contributed by atoms with van der Waals surface area (Å²) in [6.45, 7) is 13.3. The summed E-state index contributed by atoms with van der Waals surface area (Å²) in [5.74, 6) is -2.37. The molecule has 0 radical (unpaired) electrons. The molecule has 1 aromatic carbocycles. The van der Waals surface area contributed by atoms with E-state index in [9.17, 15) is 19.5 Å². The molecule has 3 saturated heterocycles. The summed E-state index contributed by atoms with van der Waals surface area (Å²) >= 11 is 5.31. The topological polar surface area (TPSA) is 87.1 Å². The lowest BCUT2D eigenvalue weighted by Crippen LogP contribution is -2.59. The van der Waals surface area contributed by atoms with Crippen LogP contribution in [0.15, 0.2) is 55.6 Å². The number of fused-ring (bicyclic) bond motifs is 1. The van der Waals surface area contributed by atoms with Crippen LogP contribution in [0.5, 0.6) is 0 Å². The van der Waals surface area contributed by atoms with Crippen molar-refractivity contribution in [3.8, 4) is 0 Å². The molecule has 0 aliphatic carbocycles. The minimum atomic E-state index is -0.867. The van der Waals surface area contributed by atoms with Gasteiger partial charge in [0.2, 0.25) is 11.8 Å².